The lowest BCUT2D eigenvalue weighted by molar-refractivity contribution is -0.144. The first-order valence-electron chi connectivity index (χ1n) is 9.71. The number of halogens is 1. The summed E-state index contributed by atoms with van der Waals surface area (Å²) in [7, 11) is 1.59. The third kappa shape index (κ3) is 9.81. The molecule has 0 aliphatic rings. The van der Waals surface area contributed by atoms with Crippen LogP contribution < -0.4 is 0 Å². The second-order valence-electron chi connectivity index (χ2n) is 6.72. The molecule has 0 N–H and O–H groups in total. The minimum Gasteiger partial charge on any atom is -0.464 e. The Kier molecular flexibility index (Phi) is 11.8. The van der Waals surface area contributed by atoms with Gasteiger partial charge in [-0.2, -0.15) is 0 Å². The molecule has 0 fully saturated rings. The number of likely N-dealkylation sites (N-methyl/N-ethyl adjacent to an activating group) is 1. The van der Waals surface area contributed by atoms with Crippen LogP contribution in [0.1, 0.15) is 75.1 Å². The third-order valence-electron chi connectivity index (χ3n) is 4.32. The molecule has 0 aromatic heterocycles. The van der Waals surface area contributed by atoms with Crippen molar-refractivity contribution in [1.82, 2.24) is 4.90 Å². The average Bonchev–Trinajstić information content (AvgIpc) is 2.63. The van der Waals surface area contributed by atoms with Crippen LogP contribution in [0.2, 0.25) is 5.02 Å². The quantitative estimate of drug-likeness (QED) is 0.335. The molecule has 146 valence electrons. The van der Waals surface area contributed by atoms with Gasteiger partial charge in [0.05, 0.1) is 6.61 Å². The molecule has 26 heavy (non-hydrogen) atoms. The molecule has 4 nitrogen and oxygen atoms in total. The number of rotatable bonds is 13. The molecular weight excluding hydrogens is 350 g/mol. The van der Waals surface area contributed by atoms with Crippen molar-refractivity contribution in [2.24, 2.45) is 0 Å². The Labute approximate surface area is 162 Å². The van der Waals surface area contributed by atoms with Gasteiger partial charge in [0.2, 0.25) is 0 Å². The highest BCUT2D eigenvalue weighted by Crippen LogP contribution is 2.11. The van der Waals surface area contributed by atoms with E-state index in [0.29, 0.717) is 17.2 Å². The predicted octanol–water partition coefficient (Wildman–Crippen LogP) is 5.49. The van der Waals surface area contributed by atoms with Gasteiger partial charge in [-0.05, 0) is 30.7 Å². The summed E-state index contributed by atoms with van der Waals surface area (Å²) in [5, 5.41) is 0.574. The maximum atomic E-state index is 12.2. The van der Waals surface area contributed by atoms with Crippen molar-refractivity contribution in [2.75, 3.05) is 20.2 Å². The van der Waals surface area contributed by atoms with E-state index in [-0.39, 0.29) is 18.4 Å². The lowest BCUT2D eigenvalue weighted by Crippen LogP contribution is -2.33. The van der Waals surface area contributed by atoms with Crippen molar-refractivity contribution in [3.8, 4) is 0 Å². The summed E-state index contributed by atoms with van der Waals surface area (Å²) in [6.07, 6.45) is 11.0. The number of unbranched alkanes of at least 4 members (excludes halogenated alkanes) is 8. The van der Waals surface area contributed by atoms with Crippen LogP contribution in [0.3, 0.4) is 0 Å². The van der Waals surface area contributed by atoms with E-state index >= 15 is 0 Å². The highest BCUT2D eigenvalue weighted by Gasteiger charge is 2.15. The second-order valence-corrected chi connectivity index (χ2v) is 7.15. The van der Waals surface area contributed by atoms with Crippen LogP contribution in [0.15, 0.2) is 24.3 Å². The summed E-state index contributed by atoms with van der Waals surface area (Å²) in [5.41, 5.74) is 0.503. The molecular formula is C21H32ClNO3. The average molecular weight is 382 g/mol. The number of ether oxygens (including phenoxy) is 1. The van der Waals surface area contributed by atoms with Gasteiger partial charge in [-0.25, -0.2) is 0 Å². The number of esters is 1. The zero-order valence-electron chi connectivity index (χ0n) is 16.1. The standard InChI is InChI=1S/C21H32ClNO3/c1-3-4-5-6-7-8-9-10-11-16-26-20(24)17-23(2)21(25)18-12-14-19(22)15-13-18/h12-15H,3-11,16-17H2,1-2H3. The van der Waals surface area contributed by atoms with Crippen LogP contribution in [0.5, 0.6) is 0 Å². The van der Waals surface area contributed by atoms with Gasteiger partial charge in [0.15, 0.2) is 0 Å². The smallest absolute Gasteiger partial charge is 0.325 e. The topological polar surface area (TPSA) is 46.6 Å². The minimum absolute atomic E-state index is 0.0428. The van der Waals surface area contributed by atoms with Crippen molar-refractivity contribution >= 4 is 23.5 Å². The van der Waals surface area contributed by atoms with Gasteiger partial charge in [0.1, 0.15) is 6.54 Å². The molecule has 0 heterocycles. The molecule has 1 aromatic rings. The largest absolute Gasteiger partial charge is 0.464 e. The second kappa shape index (κ2) is 13.6. The summed E-state index contributed by atoms with van der Waals surface area (Å²) in [6, 6.07) is 6.61. The van der Waals surface area contributed by atoms with Gasteiger partial charge in [0.25, 0.3) is 5.91 Å². The summed E-state index contributed by atoms with van der Waals surface area (Å²) in [5.74, 6) is -0.587. The molecule has 0 atom stereocenters. The van der Waals surface area contributed by atoms with E-state index in [9.17, 15) is 9.59 Å². The van der Waals surface area contributed by atoms with Gasteiger partial charge in [-0.15, -0.1) is 0 Å². The van der Waals surface area contributed by atoms with Crippen molar-refractivity contribution in [3.63, 3.8) is 0 Å². The van der Waals surface area contributed by atoms with Crippen molar-refractivity contribution in [2.45, 2.75) is 64.7 Å². The summed E-state index contributed by atoms with van der Waals surface area (Å²) in [6.45, 7) is 2.61. The fraction of sp³-hybridized carbons (Fsp3) is 0.619. The first kappa shape index (κ1) is 22.5. The van der Waals surface area contributed by atoms with Gasteiger partial charge < -0.3 is 9.64 Å². The zero-order valence-corrected chi connectivity index (χ0v) is 16.9. The zero-order chi connectivity index (χ0) is 19.2. The molecule has 0 saturated carbocycles. The summed E-state index contributed by atoms with van der Waals surface area (Å²) < 4.78 is 5.22. The monoisotopic (exact) mass is 381 g/mol. The molecule has 0 spiro atoms. The molecule has 1 amide bonds. The third-order valence-corrected chi connectivity index (χ3v) is 4.57. The van der Waals surface area contributed by atoms with Gasteiger partial charge >= 0.3 is 5.97 Å². The first-order chi connectivity index (χ1) is 12.5. The molecule has 0 aliphatic heterocycles. The highest BCUT2D eigenvalue weighted by molar-refractivity contribution is 6.30. The molecule has 0 bridgehead atoms. The van der Waals surface area contributed by atoms with Crippen molar-refractivity contribution < 1.29 is 14.3 Å². The number of carbonyl (C=O) groups is 2. The Morgan fingerprint density at radius 3 is 2.04 bits per heavy atom. The van der Waals surface area contributed by atoms with E-state index in [1.54, 1.807) is 31.3 Å². The Bertz CT molecular complexity index is 531. The fourth-order valence-corrected chi connectivity index (χ4v) is 2.85. The predicted molar refractivity (Wildman–Crippen MR) is 107 cm³/mol. The summed E-state index contributed by atoms with van der Waals surface area (Å²) >= 11 is 5.81. The number of nitrogens with zero attached hydrogens (tertiary/aromatic N) is 1. The number of benzene rings is 1. The van der Waals surface area contributed by atoms with Crippen LogP contribution in [0.4, 0.5) is 0 Å². The normalized spacial score (nSPS) is 10.6. The minimum atomic E-state index is -0.366. The maximum absolute atomic E-state index is 12.2. The van der Waals surface area contributed by atoms with Crippen molar-refractivity contribution in [1.29, 1.82) is 0 Å². The van der Waals surface area contributed by atoms with E-state index < -0.39 is 0 Å². The van der Waals surface area contributed by atoms with E-state index in [1.807, 2.05) is 0 Å². The van der Waals surface area contributed by atoms with Crippen LogP contribution in [-0.4, -0.2) is 37.0 Å². The molecule has 1 aromatic carbocycles. The van der Waals surface area contributed by atoms with E-state index in [1.165, 1.54) is 49.8 Å². The van der Waals surface area contributed by atoms with E-state index in [0.717, 1.165) is 12.8 Å². The number of carbonyl (C=O) groups excluding carboxylic acids is 2. The molecule has 0 saturated heterocycles. The van der Waals surface area contributed by atoms with Gasteiger partial charge in [0, 0.05) is 17.6 Å². The lowest BCUT2D eigenvalue weighted by atomic mass is 10.1. The molecule has 5 heteroatoms. The fourth-order valence-electron chi connectivity index (χ4n) is 2.72. The molecule has 0 unspecified atom stereocenters. The van der Waals surface area contributed by atoms with Gasteiger partial charge in [-0.1, -0.05) is 69.9 Å². The van der Waals surface area contributed by atoms with Gasteiger partial charge in [-0.3, -0.25) is 9.59 Å². The highest BCUT2D eigenvalue weighted by atomic mass is 35.5. The number of hydrogen-bond donors (Lipinski definition) is 0. The van der Waals surface area contributed by atoms with E-state index in [4.69, 9.17) is 16.3 Å². The van der Waals surface area contributed by atoms with Crippen LogP contribution in [0.25, 0.3) is 0 Å². The van der Waals surface area contributed by atoms with Crippen LogP contribution >= 0.6 is 11.6 Å². The Balaban J connectivity index is 2.09. The molecule has 0 radical (unpaired) electrons. The van der Waals surface area contributed by atoms with Crippen LogP contribution in [-0.2, 0) is 9.53 Å². The molecule has 1 rings (SSSR count). The van der Waals surface area contributed by atoms with E-state index in [2.05, 4.69) is 6.92 Å². The SMILES string of the molecule is CCCCCCCCCCCOC(=O)CN(C)C(=O)c1ccc(Cl)cc1. The van der Waals surface area contributed by atoms with Crippen LogP contribution in [0, 0.1) is 0 Å². The van der Waals surface area contributed by atoms with Crippen molar-refractivity contribution in [3.05, 3.63) is 34.9 Å². The Morgan fingerprint density at radius 2 is 1.46 bits per heavy atom. The first-order valence-corrected chi connectivity index (χ1v) is 10.1. The Morgan fingerprint density at radius 1 is 0.923 bits per heavy atom. The maximum Gasteiger partial charge on any atom is 0.325 e. The number of amides is 1. The Hall–Kier alpha value is -1.55. The lowest BCUT2D eigenvalue weighted by Gasteiger charge is -2.16. The number of hydrogen-bond acceptors (Lipinski definition) is 3. The summed E-state index contributed by atoms with van der Waals surface area (Å²) in [4.78, 5) is 25.4. The molecule has 0 aliphatic carbocycles.